The van der Waals surface area contributed by atoms with Crippen molar-refractivity contribution >= 4 is 11.3 Å². The minimum Gasteiger partial charge on any atom is -0.330 e. The quantitative estimate of drug-likeness (QED) is 0.796. The van der Waals surface area contributed by atoms with Gasteiger partial charge >= 0.3 is 0 Å². The number of nitrogens with two attached hydrogens (primary N) is 1. The molecule has 2 heteroatoms. The van der Waals surface area contributed by atoms with Crippen LogP contribution in [0.5, 0.6) is 0 Å². The monoisotopic (exact) mass is 209 g/mol. The van der Waals surface area contributed by atoms with Crippen LogP contribution in [0.2, 0.25) is 0 Å². The third-order valence-electron chi connectivity index (χ3n) is 4.31. The number of rotatable bonds is 2. The first-order valence-electron chi connectivity index (χ1n) is 5.21. The van der Waals surface area contributed by atoms with E-state index in [2.05, 4.69) is 39.8 Å². The summed E-state index contributed by atoms with van der Waals surface area (Å²) in [4.78, 5) is 2.91. The second-order valence-corrected chi connectivity index (χ2v) is 6.41. The molecule has 1 saturated carbocycles. The number of thiophene rings is 1. The Morgan fingerprint density at radius 3 is 2.36 bits per heavy atom. The summed E-state index contributed by atoms with van der Waals surface area (Å²) >= 11 is 1.92. The van der Waals surface area contributed by atoms with Crippen molar-refractivity contribution in [2.75, 3.05) is 6.54 Å². The summed E-state index contributed by atoms with van der Waals surface area (Å²) in [6.07, 6.45) is 0. The van der Waals surface area contributed by atoms with E-state index in [9.17, 15) is 0 Å². The average Bonchev–Trinajstić information content (AvgIpc) is 2.49. The van der Waals surface area contributed by atoms with Gasteiger partial charge < -0.3 is 5.73 Å². The first-order valence-corrected chi connectivity index (χ1v) is 6.03. The molecule has 0 amide bonds. The van der Waals surface area contributed by atoms with E-state index < -0.39 is 0 Å². The lowest BCUT2D eigenvalue weighted by atomic mass is 9.96. The van der Waals surface area contributed by atoms with Gasteiger partial charge in [-0.15, -0.1) is 11.3 Å². The molecule has 2 rings (SSSR count). The third kappa shape index (κ3) is 1.04. The summed E-state index contributed by atoms with van der Waals surface area (Å²) in [5, 5.41) is 0. The molecule has 0 aromatic carbocycles. The molecule has 2 N–H and O–H groups in total. The van der Waals surface area contributed by atoms with Crippen LogP contribution in [-0.2, 0) is 5.41 Å². The molecule has 0 saturated heterocycles. The Morgan fingerprint density at radius 2 is 2.00 bits per heavy atom. The maximum absolute atomic E-state index is 5.83. The Morgan fingerprint density at radius 1 is 1.36 bits per heavy atom. The van der Waals surface area contributed by atoms with Crippen LogP contribution in [0.3, 0.4) is 0 Å². The van der Waals surface area contributed by atoms with Gasteiger partial charge in [-0.3, -0.25) is 0 Å². The van der Waals surface area contributed by atoms with Crippen molar-refractivity contribution in [3.05, 3.63) is 21.9 Å². The molecule has 0 aliphatic heterocycles. The summed E-state index contributed by atoms with van der Waals surface area (Å²) in [5.41, 5.74) is 6.53. The lowest BCUT2D eigenvalue weighted by Crippen LogP contribution is -2.10. The van der Waals surface area contributed by atoms with Gasteiger partial charge in [0.2, 0.25) is 0 Å². The van der Waals surface area contributed by atoms with Crippen LogP contribution in [0.4, 0.5) is 0 Å². The zero-order chi connectivity index (χ0) is 10.6. The fraction of sp³-hybridized carbons (Fsp3) is 0.667. The van der Waals surface area contributed by atoms with Gasteiger partial charge in [0.1, 0.15) is 0 Å². The maximum Gasteiger partial charge on any atom is 0.0119 e. The van der Waals surface area contributed by atoms with E-state index in [4.69, 9.17) is 5.73 Å². The van der Waals surface area contributed by atoms with Gasteiger partial charge in [0.25, 0.3) is 0 Å². The zero-order valence-corrected chi connectivity index (χ0v) is 10.2. The van der Waals surface area contributed by atoms with E-state index in [1.807, 2.05) is 11.3 Å². The van der Waals surface area contributed by atoms with Crippen LogP contribution < -0.4 is 5.73 Å². The Labute approximate surface area is 90.3 Å². The van der Waals surface area contributed by atoms with E-state index in [0.717, 1.165) is 6.54 Å². The molecule has 1 aliphatic carbocycles. The van der Waals surface area contributed by atoms with Gasteiger partial charge in [-0.2, -0.15) is 0 Å². The molecule has 2 atom stereocenters. The second kappa shape index (κ2) is 2.83. The second-order valence-electron chi connectivity index (χ2n) is 5.12. The van der Waals surface area contributed by atoms with Gasteiger partial charge in [0.15, 0.2) is 0 Å². The average molecular weight is 209 g/mol. The van der Waals surface area contributed by atoms with Crippen LogP contribution in [0.1, 0.15) is 30.5 Å². The molecule has 1 aliphatic rings. The molecule has 14 heavy (non-hydrogen) atoms. The lowest BCUT2D eigenvalue weighted by Gasteiger charge is -2.11. The Bertz CT molecular complexity index is 353. The van der Waals surface area contributed by atoms with Gasteiger partial charge in [-0.05, 0) is 36.9 Å². The van der Waals surface area contributed by atoms with Crippen molar-refractivity contribution in [1.29, 1.82) is 0 Å². The van der Waals surface area contributed by atoms with E-state index in [0.29, 0.717) is 16.7 Å². The molecule has 1 aromatic rings. The first-order chi connectivity index (χ1) is 6.44. The molecule has 1 fully saturated rings. The molecule has 1 aromatic heterocycles. The molecule has 1 heterocycles. The summed E-state index contributed by atoms with van der Waals surface area (Å²) in [6.45, 7) is 10.00. The molecule has 0 bridgehead atoms. The molecular formula is C12H19NS. The number of hydrogen-bond donors (Lipinski definition) is 1. The smallest absolute Gasteiger partial charge is 0.0119 e. The number of hydrogen-bond acceptors (Lipinski definition) is 2. The van der Waals surface area contributed by atoms with Crippen LogP contribution in [0.15, 0.2) is 12.1 Å². The Balaban J connectivity index is 2.36. The van der Waals surface area contributed by atoms with Gasteiger partial charge in [-0.25, -0.2) is 0 Å². The summed E-state index contributed by atoms with van der Waals surface area (Å²) in [7, 11) is 0. The molecule has 78 valence electrons. The van der Waals surface area contributed by atoms with Crippen molar-refractivity contribution in [1.82, 2.24) is 0 Å². The topological polar surface area (TPSA) is 26.0 Å². The minimum atomic E-state index is 0.320. The highest BCUT2D eigenvalue weighted by atomic mass is 32.1. The van der Waals surface area contributed by atoms with Crippen molar-refractivity contribution in [3.63, 3.8) is 0 Å². The first kappa shape index (κ1) is 10.2. The predicted octanol–water partition coefficient (Wildman–Crippen LogP) is 2.93. The van der Waals surface area contributed by atoms with Crippen LogP contribution in [0, 0.1) is 18.3 Å². The molecule has 0 spiro atoms. The summed E-state index contributed by atoms with van der Waals surface area (Å²) in [5.74, 6) is 0.646. The molecular weight excluding hydrogens is 190 g/mol. The van der Waals surface area contributed by atoms with Crippen LogP contribution in [0.25, 0.3) is 0 Å². The van der Waals surface area contributed by atoms with Gasteiger partial charge in [0, 0.05) is 15.2 Å². The highest BCUT2D eigenvalue weighted by Crippen LogP contribution is 2.69. The van der Waals surface area contributed by atoms with Crippen molar-refractivity contribution in [2.24, 2.45) is 17.1 Å². The largest absolute Gasteiger partial charge is 0.330 e. The highest BCUT2D eigenvalue weighted by Gasteiger charge is 2.68. The van der Waals surface area contributed by atoms with Crippen LogP contribution in [-0.4, -0.2) is 6.54 Å². The summed E-state index contributed by atoms with van der Waals surface area (Å²) < 4.78 is 0. The zero-order valence-electron chi connectivity index (χ0n) is 9.42. The minimum absolute atomic E-state index is 0.320. The third-order valence-corrected chi connectivity index (χ3v) is 5.55. The Kier molecular flexibility index (Phi) is 2.06. The number of aryl methyl sites for hydroxylation is 1. The maximum atomic E-state index is 5.83. The van der Waals surface area contributed by atoms with E-state index >= 15 is 0 Å². The fourth-order valence-electron chi connectivity index (χ4n) is 2.83. The van der Waals surface area contributed by atoms with Crippen LogP contribution >= 0.6 is 11.3 Å². The van der Waals surface area contributed by atoms with Gasteiger partial charge in [0.05, 0.1) is 0 Å². The molecule has 1 nitrogen and oxygen atoms in total. The van der Waals surface area contributed by atoms with Gasteiger partial charge in [-0.1, -0.05) is 20.8 Å². The fourth-order valence-corrected chi connectivity index (χ4v) is 4.07. The molecule has 2 unspecified atom stereocenters. The molecule has 0 radical (unpaired) electrons. The van der Waals surface area contributed by atoms with Crippen molar-refractivity contribution in [3.8, 4) is 0 Å². The highest BCUT2D eigenvalue weighted by molar-refractivity contribution is 7.12. The van der Waals surface area contributed by atoms with Crippen molar-refractivity contribution < 1.29 is 0 Å². The van der Waals surface area contributed by atoms with Crippen molar-refractivity contribution in [2.45, 2.75) is 33.1 Å². The SMILES string of the molecule is Cc1ccc(C2(C)C(CN)C2(C)C)s1. The lowest BCUT2D eigenvalue weighted by molar-refractivity contribution is 0.523. The Hall–Kier alpha value is -0.340. The predicted molar refractivity (Wildman–Crippen MR) is 62.7 cm³/mol. The van der Waals surface area contributed by atoms with E-state index in [-0.39, 0.29) is 0 Å². The summed E-state index contributed by atoms with van der Waals surface area (Å²) in [6, 6.07) is 4.49. The van der Waals surface area contributed by atoms with E-state index in [1.54, 1.807) is 0 Å². The standard InChI is InChI=1S/C12H19NS/c1-8-5-6-10(14-8)12(4)9(7-13)11(12,2)3/h5-6,9H,7,13H2,1-4H3. The normalized spacial score (nSPS) is 34.5. The van der Waals surface area contributed by atoms with E-state index in [1.165, 1.54) is 9.75 Å².